The summed E-state index contributed by atoms with van der Waals surface area (Å²) in [5, 5.41) is 3.89. The third-order valence-electron chi connectivity index (χ3n) is 3.47. The van der Waals surface area contributed by atoms with Gasteiger partial charge in [0, 0.05) is 18.5 Å². The van der Waals surface area contributed by atoms with E-state index in [1.165, 1.54) is 0 Å². The van der Waals surface area contributed by atoms with Crippen molar-refractivity contribution in [3.05, 3.63) is 41.4 Å². The summed E-state index contributed by atoms with van der Waals surface area (Å²) in [5.41, 5.74) is 0.471. The van der Waals surface area contributed by atoms with Crippen LogP contribution in [-0.4, -0.2) is 56.9 Å². The predicted octanol–water partition coefficient (Wildman–Crippen LogP) is 3.04. The second-order valence-corrected chi connectivity index (χ2v) is 6.26. The zero-order valence-corrected chi connectivity index (χ0v) is 15.5. The van der Waals surface area contributed by atoms with E-state index < -0.39 is 0 Å². The molecule has 0 amide bonds. The number of ether oxygens (including phenoxy) is 1. The normalized spacial score (nSPS) is 14.2. The fourth-order valence-electron chi connectivity index (χ4n) is 2.23. The van der Waals surface area contributed by atoms with E-state index in [1.54, 1.807) is 31.3 Å². The number of nitrogens with zero attached hydrogens (tertiary/aromatic N) is 2. The maximum atomic E-state index is 11.2. The molecule has 1 aromatic rings. The van der Waals surface area contributed by atoms with Crippen LogP contribution in [-0.2, 0) is 0 Å². The van der Waals surface area contributed by atoms with Crippen LogP contribution in [0, 0.1) is 0 Å². The average molecular weight is 352 g/mol. The Morgan fingerprint density at radius 3 is 2.75 bits per heavy atom. The lowest BCUT2D eigenvalue weighted by molar-refractivity contribution is 0.111. The minimum Gasteiger partial charge on any atom is -0.487 e. The molecule has 1 N–H and O–H groups in total. The Morgan fingerprint density at radius 1 is 1.50 bits per heavy atom. The molecule has 0 radical (unpaired) electrons. The first-order chi connectivity index (χ1) is 11.4. The van der Waals surface area contributed by atoms with Crippen molar-refractivity contribution in [3.63, 3.8) is 0 Å². The maximum Gasteiger partial charge on any atom is 0.153 e. The fraction of sp³-hybridized carbons (Fsp3) is 0.444. The molecule has 0 saturated carbocycles. The molecule has 0 heterocycles. The quantitative estimate of drug-likeness (QED) is 0.321. The highest BCUT2D eigenvalue weighted by Crippen LogP contribution is 2.24. The molecule has 0 aliphatic heterocycles. The third-order valence-corrected chi connectivity index (χ3v) is 3.70. The van der Waals surface area contributed by atoms with Gasteiger partial charge in [-0.2, -0.15) is 0 Å². The van der Waals surface area contributed by atoms with Crippen molar-refractivity contribution in [3.8, 4) is 5.75 Å². The highest BCUT2D eigenvalue weighted by molar-refractivity contribution is 6.30. The second kappa shape index (κ2) is 10.1. The summed E-state index contributed by atoms with van der Waals surface area (Å²) < 4.78 is 6.05. The second-order valence-electron chi connectivity index (χ2n) is 5.82. The lowest BCUT2D eigenvalue weighted by Gasteiger charge is -2.27. The van der Waals surface area contributed by atoms with E-state index in [9.17, 15) is 4.79 Å². The van der Waals surface area contributed by atoms with Gasteiger partial charge in [-0.05, 0) is 39.2 Å². The van der Waals surface area contributed by atoms with Crippen LogP contribution in [0.25, 0.3) is 0 Å². The van der Waals surface area contributed by atoms with Crippen molar-refractivity contribution in [2.24, 2.45) is 4.99 Å². The van der Waals surface area contributed by atoms with E-state index in [0.717, 1.165) is 12.1 Å². The van der Waals surface area contributed by atoms with Gasteiger partial charge in [-0.1, -0.05) is 17.7 Å². The van der Waals surface area contributed by atoms with Gasteiger partial charge in [-0.3, -0.25) is 9.79 Å². The zero-order valence-electron chi connectivity index (χ0n) is 14.8. The Kier molecular flexibility index (Phi) is 8.50. The summed E-state index contributed by atoms with van der Waals surface area (Å²) in [6.07, 6.45) is 2.97. The molecular weight excluding hydrogens is 326 g/mol. The number of aldehydes is 1. The van der Waals surface area contributed by atoms with Crippen LogP contribution in [0.5, 0.6) is 5.75 Å². The Balaban J connectivity index is 2.92. The lowest BCUT2D eigenvalue weighted by atomic mass is 10.1. The number of benzene rings is 1. The van der Waals surface area contributed by atoms with E-state index in [2.05, 4.69) is 16.9 Å². The topological polar surface area (TPSA) is 53.9 Å². The summed E-state index contributed by atoms with van der Waals surface area (Å²) in [4.78, 5) is 17.5. The summed E-state index contributed by atoms with van der Waals surface area (Å²) in [6.45, 7) is 6.51. The zero-order chi connectivity index (χ0) is 18.1. The van der Waals surface area contributed by atoms with Crippen molar-refractivity contribution in [2.45, 2.75) is 25.5 Å². The van der Waals surface area contributed by atoms with Crippen LogP contribution in [0.1, 0.15) is 23.7 Å². The molecule has 6 heteroatoms. The molecule has 0 bridgehead atoms. The van der Waals surface area contributed by atoms with Crippen LogP contribution >= 0.6 is 11.6 Å². The molecule has 0 fully saturated rings. The number of amidine groups is 1. The van der Waals surface area contributed by atoms with Crippen LogP contribution in [0.4, 0.5) is 0 Å². The maximum absolute atomic E-state index is 11.2. The summed E-state index contributed by atoms with van der Waals surface area (Å²) in [5.74, 6) is 1.34. The van der Waals surface area contributed by atoms with Crippen LogP contribution < -0.4 is 10.1 Å². The van der Waals surface area contributed by atoms with Gasteiger partial charge in [-0.25, -0.2) is 0 Å². The fourth-order valence-corrected chi connectivity index (χ4v) is 2.39. The number of rotatable bonds is 9. The molecule has 0 spiro atoms. The standard InChI is InChI=1S/C18H26ClN3O2/c1-6-7-16(13(2)21-18(20-3)11-22(4)5)24-17-10-15(19)9-8-14(17)12-23/h6,8-10,12-13,16H,1,7,11H2,2-5H3,(H,20,21)/t13?,16-/m1/s1. The summed E-state index contributed by atoms with van der Waals surface area (Å²) >= 11 is 6.02. The first-order valence-electron chi connectivity index (χ1n) is 7.80. The third kappa shape index (κ3) is 6.34. The molecule has 0 aliphatic carbocycles. The highest BCUT2D eigenvalue weighted by Gasteiger charge is 2.20. The summed E-state index contributed by atoms with van der Waals surface area (Å²) in [6, 6.07) is 4.95. The Bertz CT molecular complexity index is 588. The molecule has 0 aromatic heterocycles. The summed E-state index contributed by atoms with van der Waals surface area (Å²) in [7, 11) is 5.72. The van der Waals surface area contributed by atoms with Gasteiger partial charge in [0.25, 0.3) is 0 Å². The van der Waals surface area contributed by atoms with Gasteiger partial charge in [0.05, 0.1) is 18.2 Å². The van der Waals surface area contributed by atoms with E-state index in [1.807, 2.05) is 25.9 Å². The van der Waals surface area contributed by atoms with E-state index in [0.29, 0.717) is 29.3 Å². The largest absolute Gasteiger partial charge is 0.487 e. The molecular formula is C18H26ClN3O2. The van der Waals surface area contributed by atoms with Gasteiger partial charge in [0.2, 0.25) is 0 Å². The number of hydrogen-bond acceptors (Lipinski definition) is 4. The van der Waals surface area contributed by atoms with Gasteiger partial charge in [-0.15, -0.1) is 6.58 Å². The average Bonchev–Trinajstić information content (AvgIpc) is 2.53. The van der Waals surface area contributed by atoms with Crippen molar-refractivity contribution < 1.29 is 9.53 Å². The number of carbonyl (C=O) groups excluding carboxylic acids is 1. The predicted molar refractivity (Wildman–Crippen MR) is 101 cm³/mol. The molecule has 1 aromatic carbocycles. The van der Waals surface area contributed by atoms with Gasteiger partial charge >= 0.3 is 0 Å². The van der Waals surface area contributed by atoms with Crippen LogP contribution in [0.3, 0.4) is 0 Å². The number of hydrogen-bond donors (Lipinski definition) is 1. The smallest absolute Gasteiger partial charge is 0.153 e. The molecule has 132 valence electrons. The Hall–Kier alpha value is -1.85. The van der Waals surface area contributed by atoms with E-state index in [4.69, 9.17) is 16.3 Å². The number of nitrogens with one attached hydrogen (secondary N) is 1. The minimum absolute atomic E-state index is 0.0277. The Morgan fingerprint density at radius 2 is 2.21 bits per heavy atom. The SMILES string of the molecule is C=CC[C@@H](Oc1cc(Cl)ccc1C=O)C(C)NC(CN(C)C)=NC. The lowest BCUT2D eigenvalue weighted by Crippen LogP contribution is -2.46. The van der Waals surface area contributed by atoms with Gasteiger partial charge in [0.1, 0.15) is 17.7 Å². The number of likely N-dealkylation sites (N-methyl/N-ethyl adjacent to an activating group) is 1. The molecule has 1 unspecified atom stereocenters. The monoisotopic (exact) mass is 351 g/mol. The van der Waals surface area contributed by atoms with Crippen LogP contribution in [0.2, 0.25) is 5.02 Å². The van der Waals surface area contributed by atoms with Gasteiger partial charge < -0.3 is 15.0 Å². The highest BCUT2D eigenvalue weighted by atomic mass is 35.5. The molecule has 1 rings (SSSR count). The van der Waals surface area contributed by atoms with E-state index in [-0.39, 0.29) is 12.1 Å². The Labute approximate surface area is 149 Å². The number of halogens is 1. The van der Waals surface area contributed by atoms with E-state index >= 15 is 0 Å². The van der Waals surface area contributed by atoms with Gasteiger partial charge in [0.15, 0.2) is 6.29 Å². The molecule has 2 atom stereocenters. The van der Waals surface area contributed by atoms with Crippen molar-refractivity contribution in [2.75, 3.05) is 27.7 Å². The van der Waals surface area contributed by atoms with Crippen molar-refractivity contribution in [1.82, 2.24) is 10.2 Å². The molecule has 5 nitrogen and oxygen atoms in total. The molecule has 0 saturated heterocycles. The van der Waals surface area contributed by atoms with Crippen LogP contribution in [0.15, 0.2) is 35.8 Å². The minimum atomic E-state index is -0.210. The molecule has 0 aliphatic rings. The first-order valence-corrected chi connectivity index (χ1v) is 8.18. The number of aliphatic imine (C=N–C) groups is 1. The first kappa shape index (κ1) is 20.2. The van der Waals surface area contributed by atoms with Crippen molar-refractivity contribution >= 4 is 23.7 Å². The molecule has 24 heavy (non-hydrogen) atoms. The van der Waals surface area contributed by atoms with Crippen molar-refractivity contribution in [1.29, 1.82) is 0 Å². The number of carbonyl (C=O) groups is 1.